The Labute approximate surface area is 425 Å². The molecule has 0 bridgehead atoms. The summed E-state index contributed by atoms with van der Waals surface area (Å²) in [5.41, 5.74) is 15.4. The van der Waals surface area contributed by atoms with Crippen LogP contribution in [0.3, 0.4) is 0 Å². The number of anilines is 4. The quantitative estimate of drug-likeness (QED) is 0.142. The first-order valence-corrected chi connectivity index (χ1v) is 23.4. The molecule has 0 atom stereocenters. The van der Waals surface area contributed by atoms with Crippen LogP contribution in [0.15, 0.2) is 188 Å². The molecule has 70 heavy (non-hydrogen) atoms. The number of pyridine rings is 1. The van der Waals surface area contributed by atoms with Crippen LogP contribution in [-0.4, -0.2) is 9.55 Å². The number of hydrogen-bond donors (Lipinski definition) is 0. The fourth-order valence-electron chi connectivity index (χ4n) is 9.52. The Morgan fingerprint density at radius 2 is 1.16 bits per heavy atom. The third kappa shape index (κ3) is 8.46. The number of nitriles is 1. The second-order valence-corrected chi connectivity index (χ2v) is 19.7. The molecule has 0 amide bonds. The number of aromatic nitrogens is 2. The van der Waals surface area contributed by atoms with Gasteiger partial charge in [-0.3, -0.25) is 0 Å². The van der Waals surface area contributed by atoms with Crippen molar-refractivity contribution in [1.29, 1.82) is 5.26 Å². The van der Waals surface area contributed by atoms with Gasteiger partial charge in [0, 0.05) is 78.0 Å². The van der Waals surface area contributed by atoms with E-state index in [1.54, 1.807) is 0 Å². The summed E-state index contributed by atoms with van der Waals surface area (Å²) >= 11 is 0. The van der Waals surface area contributed by atoms with E-state index in [-0.39, 0.29) is 31.9 Å². The zero-order valence-corrected chi connectivity index (χ0v) is 42.2. The van der Waals surface area contributed by atoms with Crippen molar-refractivity contribution in [3.8, 4) is 56.8 Å². The fraction of sp³-hybridized carbons (Fsp3) is 0.127. The largest absolute Gasteiger partial charge is 0.509 e. The molecule has 0 saturated heterocycles. The van der Waals surface area contributed by atoms with Gasteiger partial charge in [0.1, 0.15) is 5.82 Å². The predicted octanol–water partition coefficient (Wildman–Crippen LogP) is 16.4. The average Bonchev–Trinajstić information content (AvgIpc) is 3.92. The second-order valence-electron chi connectivity index (χ2n) is 19.7. The van der Waals surface area contributed by atoms with E-state index in [0.29, 0.717) is 17.1 Å². The van der Waals surface area contributed by atoms with E-state index in [4.69, 9.17) is 9.72 Å². The number of ether oxygens (including phenoxy) is 1. The number of benzene rings is 8. The fourth-order valence-corrected chi connectivity index (χ4v) is 9.52. The molecule has 6 nitrogen and oxygen atoms in total. The van der Waals surface area contributed by atoms with E-state index in [1.807, 2.05) is 48.7 Å². The van der Waals surface area contributed by atoms with E-state index in [2.05, 4.69) is 220 Å². The number of hydrogen-bond acceptors (Lipinski definition) is 5. The molecule has 1 aliphatic rings. The van der Waals surface area contributed by atoms with Crippen molar-refractivity contribution in [1.82, 2.24) is 9.55 Å². The summed E-state index contributed by atoms with van der Waals surface area (Å²) in [5.74, 6) is 1.85. The van der Waals surface area contributed by atoms with E-state index in [0.717, 1.165) is 83.8 Å². The van der Waals surface area contributed by atoms with E-state index in [1.165, 1.54) is 11.1 Å². The van der Waals surface area contributed by atoms with Crippen molar-refractivity contribution in [2.24, 2.45) is 0 Å². The van der Waals surface area contributed by atoms with Gasteiger partial charge in [-0.25, -0.2) is 4.98 Å². The van der Waals surface area contributed by atoms with Crippen LogP contribution in [0.1, 0.15) is 58.2 Å². The van der Waals surface area contributed by atoms with Gasteiger partial charge in [-0.05, 0) is 80.4 Å². The molecule has 0 spiro atoms. The molecule has 11 rings (SSSR count). The molecule has 0 aliphatic carbocycles. The van der Waals surface area contributed by atoms with Crippen molar-refractivity contribution >= 4 is 44.6 Å². The van der Waals surface area contributed by atoms with Gasteiger partial charge in [-0.1, -0.05) is 162 Å². The third-order valence-corrected chi connectivity index (χ3v) is 13.1. The molecule has 7 heteroatoms. The maximum atomic E-state index is 9.87. The Kier molecular flexibility index (Phi) is 12.0. The van der Waals surface area contributed by atoms with Gasteiger partial charge < -0.3 is 19.1 Å². The van der Waals surface area contributed by atoms with Crippen LogP contribution < -0.4 is 14.5 Å². The molecular formula is C63H50N5OPt-3. The summed E-state index contributed by atoms with van der Waals surface area (Å²) < 4.78 is 8.85. The Hall–Kier alpha value is -7.71. The molecule has 0 unspecified atom stereocenters. The maximum Gasteiger partial charge on any atom is 0.135 e. The number of nitrogens with zero attached hydrogens (tertiary/aromatic N) is 5. The van der Waals surface area contributed by atoms with Crippen LogP contribution in [0, 0.1) is 30.1 Å². The molecule has 0 saturated carbocycles. The first kappa shape index (κ1) is 46.0. The Morgan fingerprint density at radius 1 is 0.543 bits per heavy atom. The van der Waals surface area contributed by atoms with E-state index in [9.17, 15) is 5.26 Å². The number of para-hydroxylation sites is 2. The van der Waals surface area contributed by atoms with Crippen molar-refractivity contribution in [2.75, 3.05) is 9.80 Å². The van der Waals surface area contributed by atoms with Gasteiger partial charge in [0.25, 0.3) is 0 Å². The van der Waals surface area contributed by atoms with Crippen molar-refractivity contribution in [3.05, 3.63) is 224 Å². The monoisotopic (exact) mass is 1090 g/mol. The van der Waals surface area contributed by atoms with Gasteiger partial charge in [0.05, 0.1) is 11.6 Å². The van der Waals surface area contributed by atoms with Gasteiger partial charge in [0.2, 0.25) is 0 Å². The zero-order chi connectivity index (χ0) is 47.4. The molecule has 2 aromatic heterocycles. The molecule has 0 N–H and O–H groups in total. The van der Waals surface area contributed by atoms with Crippen molar-refractivity contribution in [3.63, 3.8) is 0 Å². The van der Waals surface area contributed by atoms with Crippen LogP contribution >= 0.6 is 0 Å². The Bertz CT molecular complexity index is 3560. The first-order chi connectivity index (χ1) is 33.4. The maximum absolute atomic E-state index is 9.87. The molecule has 10 aromatic rings. The smallest absolute Gasteiger partial charge is 0.135 e. The average molecular weight is 1090 g/mol. The molecule has 3 heterocycles. The molecule has 1 aliphatic heterocycles. The summed E-state index contributed by atoms with van der Waals surface area (Å²) in [6.07, 6.45) is 1.86. The van der Waals surface area contributed by atoms with Crippen LogP contribution in [0.2, 0.25) is 0 Å². The first-order valence-electron chi connectivity index (χ1n) is 23.4. The summed E-state index contributed by atoms with van der Waals surface area (Å²) in [7, 11) is 0. The van der Waals surface area contributed by atoms with Gasteiger partial charge in [-0.2, -0.15) is 17.4 Å². The standard InChI is InChI=1S/C63H50N5O.Pt/c1-62(2,3)46-22-13-21-45(36-46)53-27-16-28-57-61(53)67(60-51(43-17-9-7-10-18-43)25-15-26-52(60)44-19-11-8-12-20-44)41-66(57)48-23-14-24-49(38-48)69-50-30-31-54-55-35-42(40-64)29-32-56(55)68(58(54)39-50)59-37-47(33-34-65-59)63(4,5)6;/h7-37,41H,1-6H3;/q-3;. The van der Waals surface area contributed by atoms with Crippen LogP contribution in [0.4, 0.5) is 22.7 Å². The molecule has 346 valence electrons. The number of rotatable bonds is 8. The van der Waals surface area contributed by atoms with Crippen LogP contribution in [-0.2, 0) is 31.9 Å². The SMILES string of the molecule is CC(C)(C)c1cccc(-c2cccc3c2N(c2c(-c4ccccc4)cccc2-c2ccccc2)[CH-]N3c2[c-]c(Oc3[c-]c4c(cc3)c3cc(C#N)ccc3n4-c3cc(C(C)(C)C)ccn3)ccc2)c1.[Pt]. The van der Waals surface area contributed by atoms with Crippen LogP contribution in [0.5, 0.6) is 11.5 Å². The van der Waals surface area contributed by atoms with Gasteiger partial charge in [0.15, 0.2) is 0 Å². The normalized spacial score (nSPS) is 12.5. The molecule has 0 radical (unpaired) electrons. The van der Waals surface area contributed by atoms with Crippen molar-refractivity contribution < 1.29 is 25.8 Å². The second kappa shape index (κ2) is 18.3. The van der Waals surface area contributed by atoms with E-state index >= 15 is 0 Å². The summed E-state index contributed by atoms with van der Waals surface area (Å²) in [6, 6.07) is 73.1. The van der Waals surface area contributed by atoms with Gasteiger partial charge >= 0.3 is 0 Å². The van der Waals surface area contributed by atoms with Crippen LogP contribution in [0.25, 0.3) is 61.0 Å². The molecule has 8 aromatic carbocycles. The van der Waals surface area contributed by atoms with E-state index < -0.39 is 0 Å². The number of fused-ring (bicyclic) bond motifs is 4. The molecule has 0 fully saturated rings. The summed E-state index contributed by atoms with van der Waals surface area (Å²) in [6.45, 7) is 15.6. The predicted molar refractivity (Wildman–Crippen MR) is 283 cm³/mol. The third-order valence-electron chi connectivity index (χ3n) is 13.1. The summed E-state index contributed by atoms with van der Waals surface area (Å²) in [4.78, 5) is 9.46. The Morgan fingerprint density at radius 3 is 1.84 bits per heavy atom. The molecular weight excluding hydrogens is 1040 g/mol. The minimum Gasteiger partial charge on any atom is -0.509 e. The van der Waals surface area contributed by atoms with Crippen molar-refractivity contribution in [2.45, 2.75) is 52.4 Å². The minimum atomic E-state index is -0.0814. The summed E-state index contributed by atoms with van der Waals surface area (Å²) in [5, 5.41) is 11.8. The zero-order valence-electron chi connectivity index (χ0n) is 39.9. The topological polar surface area (TPSA) is 57.3 Å². The Balaban J connectivity index is 0.00000567. The van der Waals surface area contributed by atoms with Gasteiger partial charge in [-0.15, -0.1) is 48.1 Å². The minimum absolute atomic E-state index is 0.